The van der Waals surface area contributed by atoms with Gasteiger partial charge in [0.25, 0.3) is 0 Å². The Morgan fingerprint density at radius 1 is 0.408 bits per heavy atom. The van der Waals surface area contributed by atoms with E-state index >= 15 is 0 Å². The Morgan fingerprint density at radius 2 is 0.653 bits per heavy atom. The summed E-state index contributed by atoms with van der Waals surface area (Å²) in [6.07, 6.45) is 48.7. The number of carbonyl (C=O) groups excluding carboxylic acids is 1. The minimum atomic E-state index is -0.657. The van der Waals surface area contributed by atoms with Crippen LogP contribution in [0, 0.1) is 5.92 Å². The monoisotopic (exact) mass is 695 g/mol. The van der Waals surface area contributed by atoms with Crippen LogP contribution in [0.4, 0.5) is 0 Å². The van der Waals surface area contributed by atoms with Gasteiger partial charge in [0.15, 0.2) is 0 Å². The largest absolute Gasteiger partial charge is 0.481 e. The van der Waals surface area contributed by atoms with Crippen molar-refractivity contribution in [2.75, 3.05) is 6.61 Å². The first kappa shape index (κ1) is 50.0. The highest BCUT2D eigenvalue weighted by atomic mass is 16.5. The van der Waals surface area contributed by atoms with Crippen molar-refractivity contribution < 1.29 is 19.4 Å². The maximum atomic E-state index is 11.5. The molecular weight excluding hydrogens is 604 g/mol. The summed E-state index contributed by atoms with van der Waals surface area (Å²) in [7, 11) is 0. The molecule has 0 saturated heterocycles. The number of aliphatic carboxylic acids is 1. The second kappa shape index (κ2) is 45.0. The molecule has 0 radical (unpaired) electrons. The van der Waals surface area contributed by atoms with Gasteiger partial charge in [-0.1, -0.05) is 240 Å². The van der Waals surface area contributed by atoms with Crippen molar-refractivity contribution in [1.82, 2.24) is 0 Å². The Labute approximate surface area is 308 Å². The molecule has 294 valence electrons. The first-order chi connectivity index (χ1) is 23.9. The van der Waals surface area contributed by atoms with Gasteiger partial charge in [-0.3, -0.25) is 9.59 Å². The molecule has 0 amide bonds. The Morgan fingerprint density at radius 3 is 0.898 bits per heavy atom. The maximum Gasteiger partial charge on any atom is 0.306 e. The van der Waals surface area contributed by atoms with E-state index in [0.29, 0.717) is 25.4 Å². The summed E-state index contributed by atoms with van der Waals surface area (Å²) in [6.45, 7) is 9.28. The van der Waals surface area contributed by atoms with E-state index in [2.05, 4.69) is 27.7 Å². The predicted octanol–water partition coefficient (Wildman–Crippen LogP) is 15.7. The zero-order chi connectivity index (χ0) is 36.3. The summed E-state index contributed by atoms with van der Waals surface area (Å²) in [6, 6.07) is 0. The van der Waals surface area contributed by atoms with Crippen LogP contribution in [-0.4, -0.2) is 23.7 Å². The summed E-state index contributed by atoms with van der Waals surface area (Å²) in [4.78, 5) is 21.7. The van der Waals surface area contributed by atoms with Crippen molar-refractivity contribution in [3.8, 4) is 0 Å². The molecule has 4 heteroatoms. The molecule has 0 aromatic heterocycles. The molecule has 0 aromatic carbocycles. The van der Waals surface area contributed by atoms with Gasteiger partial charge in [0.1, 0.15) is 0 Å². The van der Waals surface area contributed by atoms with Crippen LogP contribution in [0.25, 0.3) is 0 Å². The molecule has 0 aliphatic rings. The fraction of sp³-hybridized carbons (Fsp3) is 0.956. The van der Waals surface area contributed by atoms with Crippen LogP contribution in [0.1, 0.15) is 265 Å². The number of carboxylic acids is 1. The van der Waals surface area contributed by atoms with E-state index in [1.54, 1.807) is 0 Å². The van der Waals surface area contributed by atoms with Gasteiger partial charge in [-0.2, -0.15) is 0 Å². The standard InChI is InChI=1S/C31H62O2.C14H28O2/c1-4-5-6-7-8-9-10-11-12-13-14-15-16-17-18-19-20-21-22-23-24-25-26-27-28-33-31(32)29-30(2)3;1-2-3-4-5-6-7-8-9-10-11-12-13-14(15)16/h30H,4-29H2,1-3H3;2-13H2,1H3,(H,15,16). The lowest BCUT2D eigenvalue weighted by atomic mass is 10.0. The molecule has 4 nitrogen and oxygen atoms in total. The van der Waals surface area contributed by atoms with Crippen LogP contribution in [0.2, 0.25) is 0 Å². The van der Waals surface area contributed by atoms with Gasteiger partial charge >= 0.3 is 11.9 Å². The summed E-state index contributed by atoms with van der Waals surface area (Å²) in [5.74, 6) is -0.285. The molecule has 0 aliphatic heterocycles. The van der Waals surface area contributed by atoms with E-state index in [1.807, 2.05) is 0 Å². The number of carboxylic acid groups (broad SMARTS) is 1. The van der Waals surface area contributed by atoms with Gasteiger partial charge in [0, 0.05) is 12.8 Å². The number of ether oxygens (including phenoxy) is 1. The average molecular weight is 695 g/mol. The Balaban J connectivity index is 0. The molecule has 0 unspecified atom stereocenters. The average Bonchev–Trinajstić information content (AvgIpc) is 3.07. The summed E-state index contributed by atoms with van der Waals surface area (Å²) >= 11 is 0. The van der Waals surface area contributed by atoms with Gasteiger partial charge < -0.3 is 9.84 Å². The second-order valence-electron chi connectivity index (χ2n) is 15.6. The Hall–Kier alpha value is -1.06. The van der Waals surface area contributed by atoms with Crippen LogP contribution in [0.5, 0.6) is 0 Å². The molecule has 0 aromatic rings. The lowest BCUT2D eigenvalue weighted by Crippen LogP contribution is -2.08. The highest BCUT2D eigenvalue weighted by Gasteiger charge is 2.05. The van der Waals surface area contributed by atoms with Crippen molar-refractivity contribution in [2.24, 2.45) is 5.92 Å². The molecule has 0 saturated carbocycles. The zero-order valence-corrected chi connectivity index (χ0v) is 34.1. The van der Waals surface area contributed by atoms with Crippen molar-refractivity contribution in [3.05, 3.63) is 0 Å². The molecule has 0 heterocycles. The van der Waals surface area contributed by atoms with Gasteiger partial charge in [0.05, 0.1) is 6.61 Å². The van der Waals surface area contributed by atoms with E-state index in [0.717, 1.165) is 19.3 Å². The minimum absolute atomic E-state index is 0.0286. The van der Waals surface area contributed by atoms with Gasteiger partial charge in [-0.25, -0.2) is 0 Å². The number of rotatable bonds is 39. The first-order valence-corrected chi connectivity index (χ1v) is 22.3. The van der Waals surface area contributed by atoms with E-state index in [9.17, 15) is 9.59 Å². The third-order valence-corrected chi connectivity index (χ3v) is 9.83. The summed E-state index contributed by atoms with van der Waals surface area (Å²) in [5.41, 5.74) is 0. The normalized spacial score (nSPS) is 11.1. The summed E-state index contributed by atoms with van der Waals surface area (Å²) < 4.78 is 5.26. The third kappa shape index (κ3) is 51.4. The maximum absolute atomic E-state index is 11.5. The molecule has 0 bridgehead atoms. The molecule has 0 atom stereocenters. The highest BCUT2D eigenvalue weighted by Crippen LogP contribution is 2.16. The van der Waals surface area contributed by atoms with Crippen molar-refractivity contribution >= 4 is 11.9 Å². The number of unbranched alkanes of at least 4 members (excludes halogenated alkanes) is 33. The van der Waals surface area contributed by atoms with Crippen molar-refractivity contribution in [2.45, 2.75) is 265 Å². The number of carbonyl (C=O) groups is 2. The molecule has 0 aliphatic carbocycles. The Bertz CT molecular complexity index is 632. The van der Waals surface area contributed by atoms with Gasteiger partial charge in [-0.05, 0) is 18.8 Å². The van der Waals surface area contributed by atoms with E-state index in [4.69, 9.17) is 9.84 Å². The van der Waals surface area contributed by atoms with E-state index in [1.165, 1.54) is 205 Å². The highest BCUT2D eigenvalue weighted by molar-refractivity contribution is 5.69. The molecule has 0 rings (SSSR count). The van der Waals surface area contributed by atoms with E-state index < -0.39 is 5.97 Å². The van der Waals surface area contributed by atoms with E-state index in [-0.39, 0.29) is 5.97 Å². The molecule has 0 fully saturated rings. The van der Waals surface area contributed by atoms with Crippen LogP contribution < -0.4 is 0 Å². The quantitative estimate of drug-likeness (QED) is 0.0514. The third-order valence-electron chi connectivity index (χ3n) is 9.83. The lowest BCUT2D eigenvalue weighted by Gasteiger charge is -2.06. The Kier molecular flexibility index (Phi) is 45.9. The van der Waals surface area contributed by atoms with Crippen LogP contribution in [-0.2, 0) is 14.3 Å². The smallest absolute Gasteiger partial charge is 0.306 e. The first-order valence-electron chi connectivity index (χ1n) is 22.3. The topological polar surface area (TPSA) is 63.6 Å². The second-order valence-corrected chi connectivity index (χ2v) is 15.6. The molecule has 49 heavy (non-hydrogen) atoms. The van der Waals surface area contributed by atoms with Gasteiger partial charge in [0.2, 0.25) is 0 Å². The van der Waals surface area contributed by atoms with Crippen LogP contribution in [0.3, 0.4) is 0 Å². The number of esters is 1. The number of hydrogen-bond acceptors (Lipinski definition) is 3. The zero-order valence-electron chi connectivity index (χ0n) is 34.1. The van der Waals surface area contributed by atoms with Crippen molar-refractivity contribution in [3.63, 3.8) is 0 Å². The van der Waals surface area contributed by atoms with Crippen molar-refractivity contribution in [1.29, 1.82) is 0 Å². The summed E-state index contributed by atoms with van der Waals surface area (Å²) in [5, 5.41) is 8.46. The SMILES string of the molecule is CCCCCCCCCCCCCC(=O)O.CCCCCCCCCCCCCCCCCCCCCCCCCCOC(=O)CC(C)C. The molecular formula is C45H90O4. The van der Waals surface area contributed by atoms with Crippen LogP contribution >= 0.6 is 0 Å². The fourth-order valence-corrected chi connectivity index (χ4v) is 6.58. The van der Waals surface area contributed by atoms with Gasteiger partial charge in [-0.15, -0.1) is 0 Å². The minimum Gasteiger partial charge on any atom is -0.481 e. The molecule has 1 N–H and O–H groups in total. The lowest BCUT2D eigenvalue weighted by molar-refractivity contribution is -0.144. The fourth-order valence-electron chi connectivity index (χ4n) is 6.58. The van der Waals surface area contributed by atoms with Crippen LogP contribution in [0.15, 0.2) is 0 Å². The number of hydrogen-bond donors (Lipinski definition) is 1. The molecule has 0 spiro atoms. The predicted molar refractivity (Wildman–Crippen MR) is 216 cm³/mol.